The van der Waals surface area contributed by atoms with E-state index in [1.807, 2.05) is 36.4 Å². The summed E-state index contributed by atoms with van der Waals surface area (Å²) >= 11 is 6.50. The molecule has 4 heterocycles. The lowest BCUT2D eigenvalue weighted by molar-refractivity contribution is -0.0342. The Bertz CT molecular complexity index is 974. The summed E-state index contributed by atoms with van der Waals surface area (Å²) in [4.78, 5) is 15.0. The highest BCUT2D eigenvalue weighted by atomic mass is 35.5. The van der Waals surface area contributed by atoms with Crippen LogP contribution in [0.2, 0.25) is 5.02 Å². The summed E-state index contributed by atoms with van der Waals surface area (Å²) in [5.41, 5.74) is 2.78. The Kier molecular flexibility index (Phi) is 5.67. The van der Waals surface area contributed by atoms with Gasteiger partial charge in [-0.3, -0.25) is 4.90 Å². The van der Waals surface area contributed by atoms with E-state index in [1.54, 1.807) is 7.11 Å². The van der Waals surface area contributed by atoms with Gasteiger partial charge in [-0.15, -0.1) is 0 Å². The third-order valence-corrected chi connectivity index (χ3v) is 7.08. The lowest BCUT2D eigenvalue weighted by Gasteiger charge is -2.44. The minimum absolute atomic E-state index is 0.000565. The van der Waals surface area contributed by atoms with Crippen LogP contribution in [0.4, 0.5) is 4.79 Å². The number of hydrogen-bond acceptors (Lipinski definition) is 5. The first-order valence-electron chi connectivity index (χ1n) is 10.9. The Morgan fingerprint density at radius 2 is 2.03 bits per heavy atom. The van der Waals surface area contributed by atoms with Crippen LogP contribution in [0.25, 0.3) is 11.1 Å². The number of benzene rings is 2. The maximum atomic E-state index is 12.6. The summed E-state index contributed by atoms with van der Waals surface area (Å²) in [6.45, 7) is 3.64. The molecule has 1 unspecified atom stereocenters. The summed E-state index contributed by atoms with van der Waals surface area (Å²) in [6, 6.07) is 11.5. The van der Waals surface area contributed by atoms with Crippen molar-refractivity contribution < 1.29 is 19.0 Å². The van der Waals surface area contributed by atoms with E-state index in [2.05, 4.69) is 10.2 Å². The third-order valence-electron chi connectivity index (χ3n) is 6.69. The molecule has 3 fully saturated rings. The number of fused-ring (bicyclic) bond motifs is 4. The largest absolute Gasteiger partial charge is 0.495 e. The smallest absolute Gasteiger partial charge is 0.407 e. The van der Waals surface area contributed by atoms with Gasteiger partial charge >= 0.3 is 6.09 Å². The number of piperidine rings is 3. The van der Waals surface area contributed by atoms with E-state index >= 15 is 0 Å². The molecule has 164 valence electrons. The van der Waals surface area contributed by atoms with Gasteiger partial charge in [0.1, 0.15) is 17.6 Å². The number of nitrogens with zero attached hydrogens (tertiary/aromatic N) is 1. The fraction of sp³-hybridized carbons (Fsp3) is 0.458. The maximum Gasteiger partial charge on any atom is 0.407 e. The number of nitrogens with one attached hydrogen (secondary N) is 1. The summed E-state index contributed by atoms with van der Waals surface area (Å²) in [7, 11) is 1.60. The third kappa shape index (κ3) is 4.06. The number of rotatable bonds is 4. The molecule has 0 spiro atoms. The standard InChI is InChI=1S/C24H27ClN2O4/c1-29-20-4-2-3-17(23(20)25)16-5-6-18-19(9-12-30-21(18)13-16)26-24(28)31-22-14-27-10-7-15(22)8-11-27/h2-6,13,15,19,22H,7-12,14H2,1H3,(H,26,28)/t19?,22-/m0/s1. The number of halogens is 1. The predicted molar refractivity (Wildman–Crippen MR) is 119 cm³/mol. The second-order valence-electron chi connectivity index (χ2n) is 8.49. The van der Waals surface area contributed by atoms with E-state index in [9.17, 15) is 4.79 Å². The first-order chi connectivity index (χ1) is 15.1. The molecule has 1 amide bonds. The Hall–Kier alpha value is -2.44. The predicted octanol–water partition coefficient (Wildman–Crippen LogP) is 4.66. The lowest BCUT2D eigenvalue weighted by Crippen LogP contribution is -2.52. The average molecular weight is 443 g/mol. The Labute approximate surface area is 187 Å². The van der Waals surface area contributed by atoms with Crippen molar-refractivity contribution in [3.8, 4) is 22.6 Å². The van der Waals surface area contributed by atoms with Crippen LogP contribution < -0.4 is 14.8 Å². The maximum absolute atomic E-state index is 12.6. The number of carbonyl (C=O) groups excluding carboxylic acids is 1. The SMILES string of the molecule is COc1cccc(-c2ccc3c(c2)OCCC3NC(=O)O[C@H]2CN3CCC2CC3)c1Cl. The minimum atomic E-state index is -0.337. The average Bonchev–Trinajstić information content (AvgIpc) is 2.80. The van der Waals surface area contributed by atoms with E-state index in [0.717, 1.165) is 54.9 Å². The molecular formula is C24H27ClN2O4. The number of ether oxygens (including phenoxy) is 3. The van der Waals surface area contributed by atoms with Crippen LogP contribution in [0.5, 0.6) is 11.5 Å². The minimum Gasteiger partial charge on any atom is -0.495 e. The van der Waals surface area contributed by atoms with E-state index < -0.39 is 0 Å². The number of methoxy groups -OCH3 is 1. The molecule has 31 heavy (non-hydrogen) atoms. The Morgan fingerprint density at radius 1 is 1.19 bits per heavy atom. The van der Waals surface area contributed by atoms with Crippen LogP contribution in [0.15, 0.2) is 36.4 Å². The van der Waals surface area contributed by atoms with Gasteiger partial charge in [-0.05, 0) is 49.5 Å². The molecule has 0 aliphatic carbocycles. The molecule has 0 saturated carbocycles. The van der Waals surface area contributed by atoms with Crippen molar-refractivity contribution >= 4 is 17.7 Å². The molecule has 4 aliphatic rings. The summed E-state index contributed by atoms with van der Waals surface area (Å²) in [5, 5.41) is 3.63. The zero-order valence-electron chi connectivity index (χ0n) is 17.6. The molecule has 1 N–H and O–H groups in total. The van der Waals surface area contributed by atoms with Gasteiger partial charge in [-0.25, -0.2) is 4.79 Å². The summed E-state index contributed by atoms with van der Waals surface area (Å²) < 4.78 is 17.1. The fourth-order valence-corrected chi connectivity index (χ4v) is 5.27. The van der Waals surface area contributed by atoms with Crippen LogP contribution >= 0.6 is 11.6 Å². The molecule has 2 aromatic carbocycles. The first kappa shape index (κ1) is 20.5. The van der Waals surface area contributed by atoms with Crippen LogP contribution in [0.1, 0.15) is 30.9 Å². The van der Waals surface area contributed by atoms with Crippen molar-refractivity contribution in [2.24, 2.45) is 5.92 Å². The molecule has 7 heteroatoms. The molecule has 2 bridgehead atoms. The molecule has 0 aromatic heterocycles. The zero-order chi connectivity index (χ0) is 21.4. The van der Waals surface area contributed by atoms with Crippen LogP contribution in [-0.4, -0.2) is 50.4 Å². The quantitative estimate of drug-likeness (QED) is 0.746. The van der Waals surface area contributed by atoms with Crippen LogP contribution in [0, 0.1) is 5.92 Å². The number of hydrogen-bond donors (Lipinski definition) is 1. The highest BCUT2D eigenvalue weighted by Gasteiger charge is 2.37. The van der Waals surface area contributed by atoms with E-state index in [1.165, 1.54) is 0 Å². The molecule has 6 rings (SSSR count). The topological polar surface area (TPSA) is 60.0 Å². The van der Waals surface area contributed by atoms with E-state index in [-0.39, 0.29) is 18.2 Å². The van der Waals surface area contributed by atoms with Gasteiger partial charge in [-0.2, -0.15) is 0 Å². The fourth-order valence-electron chi connectivity index (χ4n) is 4.96. The van der Waals surface area contributed by atoms with Gasteiger partial charge in [0.15, 0.2) is 0 Å². The zero-order valence-corrected chi connectivity index (χ0v) is 18.4. The number of amides is 1. The van der Waals surface area contributed by atoms with E-state index in [0.29, 0.717) is 29.7 Å². The van der Waals surface area contributed by atoms with Gasteiger partial charge in [0.05, 0.1) is 24.8 Å². The molecule has 2 aromatic rings. The van der Waals surface area contributed by atoms with E-state index in [4.69, 9.17) is 25.8 Å². The van der Waals surface area contributed by atoms with Gasteiger partial charge in [0, 0.05) is 24.1 Å². The monoisotopic (exact) mass is 442 g/mol. The molecule has 6 nitrogen and oxygen atoms in total. The summed E-state index contributed by atoms with van der Waals surface area (Å²) in [6.07, 6.45) is 2.61. The lowest BCUT2D eigenvalue weighted by atomic mass is 9.86. The van der Waals surface area contributed by atoms with Gasteiger partial charge in [0.25, 0.3) is 0 Å². The second kappa shape index (κ2) is 8.60. The second-order valence-corrected chi connectivity index (χ2v) is 8.87. The van der Waals surface area contributed by atoms with Crippen molar-refractivity contribution in [1.82, 2.24) is 10.2 Å². The molecule has 2 atom stereocenters. The normalized spacial score (nSPS) is 26.5. The highest BCUT2D eigenvalue weighted by molar-refractivity contribution is 6.34. The van der Waals surface area contributed by atoms with Gasteiger partial charge in [-0.1, -0.05) is 35.9 Å². The van der Waals surface area contributed by atoms with Crippen LogP contribution in [-0.2, 0) is 4.74 Å². The highest BCUT2D eigenvalue weighted by Crippen LogP contribution is 2.40. The molecule has 0 radical (unpaired) electrons. The molecule has 3 saturated heterocycles. The van der Waals surface area contributed by atoms with Crippen molar-refractivity contribution in [3.63, 3.8) is 0 Å². The first-order valence-corrected chi connectivity index (χ1v) is 11.3. The van der Waals surface area contributed by atoms with Crippen LogP contribution in [0.3, 0.4) is 0 Å². The van der Waals surface area contributed by atoms with Gasteiger partial charge < -0.3 is 19.5 Å². The van der Waals surface area contributed by atoms with Crippen molar-refractivity contribution in [1.29, 1.82) is 0 Å². The number of carbonyl (C=O) groups is 1. The van der Waals surface area contributed by atoms with Crippen molar-refractivity contribution in [2.45, 2.75) is 31.4 Å². The van der Waals surface area contributed by atoms with Crippen molar-refractivity contribution in [3.05, 3.63) is 47.0 Å². The van der Waals surface area contributed by atoms with Gasteiger partial charge in [0.2, 0.25) is 0 Å². The Balaban J connectivity index is 1.31. The Morgan fingerprint density at radius 3 is 2.77 bits per heavy atom. The summed E-state index contributed by atoms with van der Waals surface area (Å²) in [5.74, 6) is 1.89. The van der Waals surface area contributed by atoms with Crippen molar-refractivity contribution in [2.75, 3.05) is 33.4 Å². The molecular weight excluding hydrogens is 416 g/mol. The molecule has 4 aliphatic heterocycles. The number of alkyl carbamates (subject to hydrolysis) is 1.